The van der Waals surface area contributed by atoms with Gasteiger partial charge in [0.2, 0.25) is 0 Å². The van der Waals surface area contributed by atoms with Gasteiger partial charge < -0.3 is 15.0 Å². The van der Waals surface area contributed by atoms with Crippen LogP contribution in [0.3, 0.4) is 0 Å². The van der Waals surface area contributed by atoms with Crippen LogP contribution in [0.4, 0.5) is 14.9 Å². The van der Waals surface area contributed by atoms with Gasteiger partial charge in [-0.1, -0.05) is 17.7 Å². The van der Waals surface area contributed by atoms with Crippen LogP contribution in [-0.2, 0) is 6.54 Å². The number of halogens is 2. The molecule has 1 N–H and O–H groups in total. The molecule has 0 saturated heterocycles. The number of rotatable bonds is 5. The molecule has 0 unspecified atom stereocenters. The van der Waals surface area contributed by atoms with Gasteiger partial charge in [-0.05, 0) is 42.0 Å². The van der Waals surface area contributed by atoms with E-state index in [-0.39, 0.29) is 18.3 Å². The first-order valence-corrected chi connectivity index (χ1v) is 8.50. The molecular formula is C19H18ClFN4O2. The van der Waals surface area contributed by atoms with Crippen molar-refractivity contribution in [3.63, 3.8) is 0 Å². The zero-order valence-corrected chi connectivity index (χ0v) is 15.6. The number of nitrogens with zero attached hydrogens (tertiary/aromatic N) is 3. The maximum absolute atomic E-state index is 13.8. The molecule has 0 aliphatic rings. The van der Waals surface area contributed by atoms with Crippen molar-refractivity contribution >= 4 is 23.3 Å². The van der Waals surface area contributed by atoms with Gasteiger partial charge >= 0.3 is 6.03 Å². The molecule has 2 aromatic carbocycles. The second-order valence-corrected chi connectivity index (χ2v) is 6.28. The number of anilines is 1. The lowest BCUT2D eigenvalue weighted by Gasteiger charge is -2.19. The number of ether oxygens (including phenoxy) is 1. The van der Waals surface area contributed by atoms with E-state index in [2.05, 4.69) is 10.4 Å². The number of aromatic nitrogens is 2. The number of hydrogen-bond acceptors (Lipinski definition) is 3. The molecule has 3 aromatic rings. The Morgan fingerprint density at radius 1 is 1.33 bits per heavy atom. The Kier molecular flexibility index (Phi) is 5.61. The van der Waals surface area contributed by atoms with Crippen molar-refractivity contribution in [3.8, 4) is 11.4 Å². The predicted molar refractivity (Wildman–Crippen MR) is 102 cm³/mol. The van der Waals surface area contributed by atoms with Crippen molar-refractivity contribution in [2.24, 2.45) is 0 Å². The van der Waals surface area contributed by atoms with Crippen LogP contribution in [0, 0.1) is 5.82 Å². The van der Waals surface area contributed by atoms with E-state index in [1.807, 2.05) is 0 Å². The molecule has 6 nitrogen and oxygen atoms in total. The summed E-state index contributed by atoms with van der Waals surface area (Å²) in [5, 5.41) is 7.35. The summed E-state index contributed by atoms with van der Waals surface area (Å²) in [6.45, 7) is 0.242. The smallest absolute Gasteiger partial charge is 0.321 e. The fourth-order valence-electron chi connectivity index (χ4n) is 2.55. The second kappa shape index (κ2) is 8.09. The van der Waals surface area contributed by atoms with Crippen LogP contribution in [0.5, 0.6) is 5.75 Å². The molecule has 1 aromatic heterocycles. The van der Waals surface area contributed by atoms with Crippen LogP contribution in [0.1, 0.15) is 5.56 Å². The average Bonchev–Trinajstić information content (AvgIpc) is 3.16. The first-order valence-electron chi connectivity index (χ1n) is 8.12. The molecule has 1 heterocycles. The minimum atomic E-state index is -0.468. The number of hydrogen-bond donors (Lipinski definition) is 1. The van der Waals surface area contributed by atoms with E-state index in [9.17, 15) is 9.18 Å². The highest BCUT2D eigenvalue weighted by Crippen LogP contribution is 2.24. The van der Waals surface area contributed by atoms with Crippen molar-refractivity contribution in [2.75, 3.05) is 19.5 Å². The summed E-state index contributed by atoms with van der Waals surface area (Å²) in [7, 11) is 3.03. The fourth-order valence-corrected chi connectivity index (χ4v) is 2.82. The highest BCUT2D eigenvalue weighted by molar-refractivity contribution is 6.32. The van der Waals surface area contributed by atoms with E-state index < -0.39 is 5.82 Å². The molecule has 0 atom stereocenters. The Bertz CT molecular complexity index is 947. The van der Waals surface area contributed by atoms with Crippen molar-refractivity contribution in [3.05, 3.63) is 71.3 Å². The molecule has 0 bridgehead atoms. The fraction of sp³-hybridized carbons (Fsp3) is 0.158. The molecule has 2 amide bonds. The molecule has 0 aliphatic carbocycles. The van der Waals surface area contributed by atoms with E-state index >= 15 is 0 Å². The summed E-state index contributed by atoms with van der Waals surface area (Å²) >= 11 is 6.28. The van der Waals surface area contributed by atoms with Gasteiger partial charge in [0, 0.05) is 31.7 Å². The standard InChI is InChI=1S/C19H18ClFN4O2/c1-24(12-13-4-7-18(27-2)16(21)10-13)19(26)23-14-5-6-17(15(20)11-14)25-9-3-8-22-25/h3-11H,12H2,1-2H3,(H,23,26). The molecule has 140 valence electrons. The number of carbonyl (C=O) groups excluding carboxylic acids is 1. The lowest BCUT2D eigenvalue weighted by Crippen LogP contribution is -2.30. The highest BCUT2D eigenvalue weighted by atomic mass is 35.5. The molecule has 0 saturated carbocycles. The number of nitrogens with one attached hydrogen (secondary N) is 1. The van der Waals surface area contributed by atoms with Crippen molar-refractivity contribution in [1.29, 1.82) is 0 Å². The maximum atomic E-state index is 13.8. The Balaban J connectivity index is 1.66. The van der Waals surface area contributed by atoms with Gasteiger partial charge in [-0.3, -0.25) is 0 Å². The van der Waals surface area contributed by atoms with Crippen molar-refractivity contribution in [1.82, 2.24) is 14.7 Å². The molecule has 8 heteroatoms. The Morgan fingerprint density at radius 3 is 2.78 bits per heavy atom. The largest absolute Gasteiger partial charge is 0.494 e. The van der Waals surface area contributed by atoms with Crippen LogP contribution in [0.15, 0.2) is 54.9 Å². The third-order valence-corrected chi connectivity index (χ3v) is 4.24. The molecule has 0 aliphatic heterocycles. The Morgan fingerprint density at radius 2 is 2.15 bits per heavy atom. The molecule has 0 radical (unpaired) electrons. The third kappa shape index (κ3) is 4.38. The minimum Gasteiger partial charge on any atom is -0.494 e. The van der Waals surface area contributed by atoms with Crippen molar-refractivity contribution in [2.45, 2.75) is 6.54 Å². The molecule has 27 heavy (non-hydrogen) atoms. The van der Waals surface area contributed by atoms with E-state index in [0.717, 1.165) is 0 Å². The summed E-state index contributed by atoms with van der Waals surface area (Å²) in [6, 6.07) is 11.2. The topological polar surface area (TPSA) is 59.4 Å². The van der Waals surface area contributed by atoms with E-state index in [4.69, 9.17) is 16.3 Å². The average molecular weight is 389 g/mol. The second-order valence-electron chi connectivity index (χ2n) is 5.87. The van der Waals surface area contributed by atoms with Crippen LogP contribution < -0.4 is 10.1 Å². The Labute approximate surface area is 161 Å². The first kappa shape index (κ1) is 18.7. The van der Waals surface area contributed by atoms with Gasteiger partial charge in [0.25, 0.3) is 0 Å². The van der Waals surface area contributed by atoms with E-state index in [0.29, 0.717) is 22.0 Å². The van der Waals surface area contributed by atoms with Gasteiger partial charge in [-0.15, -0.1) is 0 Å². The molecule has 3 rings (SSSR count). The zero-order chi connectivity index (χ0) is 19.4. The van der Waals surface area contributed by atoms with Crippen LogP contribution in [0.2, 0.25) is 5.02 Å². The monoisotopic (exact) mass is 388 g/mol. The summed E-state index contributed by atoms with van der Waals surface area (Å²) in [5.41, 5.74) is 1.91. The summed E-state index contributed by atoms with van der Waals surface area (Å²) in [6.07, 6.45) is 3.43. The molecule has 0 fully saturated rings. The third-order valence-electron chi connectivity index (χ3n) is 3.93. The van der Waals surface area contributed by atoms with Crippen LogP contribution >= 0.6 is 11.6 Å². The molecular weight excluding hydrogens is 371 g/mol. The Hall–Kier alpha value is -3.06. The summed E-state index contributed by atoms with van der Waals surface area (Å²) in [5.74, 6) is -0.303. The number of benzene rings is 2. The normalized spacial score (nSPS) is 10.5. The lowest BCUT2D eigenvalue weighted by atomic mass is 10.2. The van der Waals surface area contributed by atoms with E-state index in [1.54, 1.807) is 54.5 Å². The predicted octanol–water partition coefficient (Wildman–Crippen LogP) is 4.34. The van der Waals surface area contributed by atoms with E-state index in [1.165, 1.54) is 24.1 Å². The number of carbonyl (C=O) groups is 1. The van der Waals surface area contributed by atoms with Gasteiger partial charge in [-0.2, -0.15) is 5.10 Å². The summed E-state index contributed by atoms with van der Waals surface area (Å²) < 4.78 is 20.3. The number of urea groups is 1. The quantitative estimate of drug-likeness (QED) is 0.707. The molecule has 0 spiro atoms. The van der Waals surface area contributed by atoms with Crippen molar-refractivity contribution < 1.29 is 13.9 Å². The zero-order valence-electron chi connectivity index (χ0n) is 14.8. The summed E-state index contributed by atoms with van der Waals surface area (Å²) in [4.78, 5) is 13.8. The van der Waals surface area contributed by atoms with Gasteiger partial charge in [0.15, 0.2) is 11.6 Å². The number of amides is 2. The maximum Gasteiger partial charge on any atom is 0.321 e. The minimum absolute atomic E-state index is 0.165. The first-order chi connectivity index (χ1) is 13.0. The number of methoxy groups -OCH3 is 1. The van der Waals surface area contributed by atoms with Gasteiger partial charge in [-0.25, -0.2) is 13.9 Å². The van der Waals surface area contributed by atoms with Crippen LogP contribution in [-0.4, -0.2) is 34.9 Å². The van der Waals surface area contributed by atoms with Crippen LogP contribution in [0.25, 0.3) is 5.69 Å². The lowest BCUT2D eigenvalue weighted by molar-refractivity contribution is 0.220. The highest BCUT2D eigenvalue weighted by Gasteiger charge is 2.12. The van der Waals surface area contributed by atoms with Gasteiger partial charge in [0.05, 0.1) is 17.8 Å². The SMILES string of the molecule is COc1ccc(CN(C)C(=O)Nc2ccc(-n3cccn3)c(Cl)c2)cc1F. The van der Waals surface area contributed by atoms with Gasteiger partial charge in [0.1, 0.15) is 0 Å².